The zero-order valence-corrected chi connectivity index (χ0v) is 14.9. The summed E-state index contributed by atoms with van der Waals surface area (Å²) in [6, 6.07) is -0.304. The van der Waals surface area contributed by atoms with Crippen LogP contribution in [0, 0.1) is 13.8 Å². The molecule has 0 fully saturated rings. The Labute approximate surface area is 147 Å². The molecule has 0 spiro atoms. The highest BCUT2D eigenvalue weighted by Gasteiger charge is 2.19. The molecule has 1 amide bonds. The molecule has 0 bridgehead atoms. The van der Waals surface area contributed by atoms with Crippen molar-refractivity contribution in [3.63, 3.8) is 0 Å². The predicted octanol–water partition coefficient (Wildman–Crippen LogP) is 2.11. The lowest BCUT2D eigenvalue weighted by Crippen LogP contribution is -2.33. The quantitative estimate of drug-likeness (QED) is 0.646. The van der Waals surface area contributed by atoms with E-state index in [2.05, 4.69) is 30.2 Å². The van der Waals surface area contributed by atoms with Crippen molar-refractivity contribution in [1.82, 2.24) is 30.2 Å². The third-order valence-electron chi connectivity index (χ3n) is 3.67. The molecule has 3 aromatic rings. The van der Waals surface area contributed by atoms with Crippen molar-refractivity contribution in [2.45, 2.75) is 33.2 Å². The summed E-state index contributed by atoms with van der Waals surface area (Å²) in [7, 11) is 0. The van der Waals surface area contributed by atoms with Crippen LogP contribution in [0.3, 0.4) is 0 Å². The minimum atomic E-state index is -0.501. The van der Waals surface area contributed by atoms with Crippen LogP contribution in [0.5, 0.6) is 0 Å². The molecule has 0 aliphatic rings. The molecule has 3 aromatic heterocycles. The average Bonchev–Trinajstić information content (AvgIpc) is 3.20. The third-order valence-corrected chi connectivity index (χ3v) is 4.45. The molecule has 3 N–H and O–H groups in total. The molecule has 0 saturated carbocycles. The molecule has 130 valence electrons. The van der Waals surface area contributed by atoms with Gasteiger partial charge < -0.3 is 15.3 Å². The number of carbonyl (C=O) groups is 1. The summed E-state index contributed by atoms with van der Waals surface area (Å²) in [5, 5.41) is 5.49. The van der Waals surface area contributed by atoms with Gasteiger partial charge in [0, 0.05) is 23.5 Å². The van der Waals surface area contributed by atoms with Crippen LogP contribution < -0.4 is 10.9 Å². The van der Waals surface area contributed by atoms with Crippen LogP contribution in [0.15, 0.2) is 22.6 Å². The molecular formula is C16H18N6O2S. The highest BCUT2D eigenvalue weighted by Crippen LogP contribution is 2.17. The first-order valence-electron chi connectivity index (χ1n) is 7.82. The van der Waals surface area contributed by atoms with Gasteiger partial charge in [-0.2, -0.15) is 0 Å². The van der Waals surface area contributed by atoms with Crippen LogP contribution in [0.25, 0.3) is 11.5 Å². The molecular weight excluding hydrogens is 340 g/mol. The van der Waals surface area contributed by atoms with Crippen LogP contribution in [0.2, 0.25) is 0 Å². The second-order valence-corrected chi connectivity index (χ2v) is 6.67. The number of aromatic nitrogens is 5. The van der Waals surface area contributed by atoms with Crippen LogP contribution in [-0.4, -0.2) is 30.8 Å². The largest absolute Gasteiger partial charge is 0.344 e. The number of aryl methyl sites for hydroxylation is 2. The van der Waals surface area contributed by atoms with Gasteiger partial charge in [0.05, 0.1) is 11.0 Å². The maximum Gasteiger partial charge on any atom is 0.264 e. The molecule has 0 saturated heterocycles. The topological polar surface area (TPSA) is 116 Å². The fourth-order valence-corrected chi connectivity index (χ4v) is 2.97. The van der Waals surface area contributed by atoms with Gasteiger partial charge in [-0.3, -0.25) is 9.59 Å². The number of carbonyl (C=O) groups excluding carboxylic acids is 1. The fraction of sp³-hybridized carbons (Fsp3) is 0.312. The molecule has 0 aliphatic heterocycles. The van der Waals surface area contributed by atoms with Gasteiger partial charge in [0.25, 0.3) is 11.5 Å². The first kappa shape index (κ1) is 17.0. The van der Waals surface area contributed by atoms with Crippen LogP contribution in [-0.2, 0) is 0 Å². The second kappa shape index (κ2) is 6.98. The smallest absolute Gasteiger partial charge is 0.264 e. The van der Waals surface area contributed by atoms with Gasteiger partial charge in [-0.05, 0) is 20.3 Å². The van der Waals surface area contributed by atoms with E-state index in [1.807, 2.05) is 20.8 Å². The summed E-state index contributed by atoms with van der Waals surface area (Å²) >= 11 is 1.46. The molecule has 0 aliphatic carbocycles. The average molecular weight is 358 g/mol. The van der Waals surface area contributed by atoms with E-state index in [-0.39, 0.29) is 11.6 Å². The second-order valence-electron chi connectivity index (χ2n) is 5.61. The zero-order chi connectivity index (χ0) is 18.0. The Morgan fingerprint density at radius 1 is 1.28 bits per heavy atom. The van der Waals surface area contributed by atoms with Crippen molar-refractivity contribution in [2.24, 2.45) is 0 Å². The highest BCUT2D eigenvalue weighted by atomic mass is 32.1. The lowest BCUT2D eigenvalue weighted by molar-refractivity contribution is 0.0932. The first-order chi connectivity index (χ1) is 12.0. The van der Waals surface area contributed by atoms with Crippen molar-refractivity contribution >= 4 is 17.2 Å². The summed E-state index contributed by atoms with van der Waals surface area (Å²) in [6.07, 6.45) is 3.61. The minimum absolute atomic E-state index is 0.0440. The van der Waals surface area contributed by atoms with Crippen molar-refractivity contribution < 1.29 is 4.79 Å². The lowest BCUT2D eigenvalue weighted by Gasteiger charge is -2.14. The fourth-order valence-electron chi connectivity index (χ4n) is 2.37. The van der Waals surface area contributed by atoms with Crippen LogP contribution >= 0.6 is 11.3 Å². The Balaban J connectivity index is 1.81. The number of hydrogen-bond donors (Lipinski definition) is 3. The first-order valence-corrected chi connectivity index (χ1v) is 8.70. The van der Waals surface area contributed by atoms with E-state index in [0.717, 1.165) is 10.7 Å². The summed E-state index contributed by atoms with van der Waals surface area (Å²) in [4.78, 5) is 43.1. The SMILES string of the molecule is CC[C@H](NC(=O)c1cnc(-c2csc(C)n2)[nH]c1=O)c1ncc(C)[nH]1. The maximum absolute atomic E-state index is 12.4. The van der Waals surface area contributed by atoms with Gasteiger partial charge in [0.15, 0.2) is 5.82 Å². The Kier molecular flexibility index (Phi) is 4.75. The van der Waals surface area contributed by atoms with E-state index in [9.17, 15) is 9.59 Å². The van der Waals surface area contributed by atoms with Crippen molar-refractivity contribution in [3.05, 3.63) is 50.2 Å². The lowest BCUT2D eigenvalue weighted by atomic mass is 10.2. The number of nitrogens with one attached hydrogen (secondary N) is 3. The molecule has 8 nitrogen and oxygen atoms in total. The van der Waals surface area contributed by atoms with Crippen molar-refractivity contribution in [3.8, 4) is 11.5 Å². The molecule has 9 heteroatoms. The van der Waals surface area contributed by atoms with E-state index >= 15 is 0 Å². The molecule has 0 unspecified atom stereocenters. The third kappa shape index (κ3) is 3.66. The summed E-state index contributed by atoms with van der Waals surface area (Å²) in [6.45, 7) is 5.69. The number of H-pyrrole nitrogens is 2. The number of rotatable bonds is 5. The van der Waals surface area contributed by atoms with E-state index < -0.39 is 11.5 Å². The molecule has 3 heterocycles. The van der Waals surface area contributed by atoms with Gasteiger partial charge in [0.2, 0.25) is 0 Å². The molecule has 0 aromatic carbocycles. The Hall–Kier alpha value is -2.81. The molecule has 0 radical (unpaired) electrons. The number of amides is 1. The van der Waals surface area contributed by atoms with Crippen LogP contribution in [0.4, 0.5) is 0 Å². The van der Waals surface area contributed by atoms with E-state index in [4.69, 9.17) is 0 Å². The van der Waals surface area contributed by atoms with Gasteiger partial charge in [-0.1, -0.05) is 6.92 Å². The Morgan fingerprint density at radius 2 is 2.08 bits per heavy atom. The molecule has 3 rings (SSSR count). The normalized spacial score (nSPS) is 12.1. The maximum atomic E-state index is 12.4. The minimum Gasteiger partial charge on any atom is -0.344 e. The standard InChI is InChI=1S/C16H18N6O2S/c1-4-11(13-17-5-8(2)19-13)21-15(23)10-6-18-14(22-16(10)24)12-7-25-9(3)20-12/h5-7,11H,4H2,1-3H3,(H,17,19)(H,21,23)(H,18,22,24)/t11-/m0/s1. The predicted molar refractivity (Wildman–Crippen MR) is 94.5 cm³/mol. The number of nitrogens with zero attached hydrogens (tertiary/aromatic N) is 3. The number of aromatic amines is 2. The summed E-state index contributed by atoms with van der Waals surface area (Å²) in [5.74, 6) is 0.516. The van der Waals surface area contributed by atoms with Crippen molar-refractivity contribution in [2.75, 3.05) is 0 Å². The van der Waals surface area contributed by atoms with E-state index in [0.29, 0.717) is 23.8 Å². The zero-order valence-electron chi connectivity index (χ0n) is 14.1. The number of thiazole rings is 1. The molecule has 25 heavy (non-hydrogen) atoms. The summed E-state index contributed by atoms with van der Waals surface area (Å²) < 4.78 is 0. The Morgan fingerprint density at radius 3 is 2.64 bits per heavy atom. The highest BCUT2D eigenvalue weighted by molar-refractivity contribution is 7.09. The van der Waals surface area contributed by atoms with E-state index in [1.54, 1.807) is 11.6 Å². The monoisotopic (exact) mass is 358 g/mol. The number of imidazole rings is 1. The summed E-state index contributed by atoms with van der Waals surface area (Å²) in [5.41, 5.74) is 0.949. The van der Waals surface area contributed by atoms with Gasteiger partial charge in [-0.15, -0.1) is 11.3 Å². The van der Waals surface area contributed by atoms with Crippen LogP contribution in [0.1, 0.15) is 46.3 Å². The van der Waals surface area contributed by atoms with Gasteiger partial charge in [0.1, 0.15) is 17.1 Å². The Bertz CT molecular complexity index is 957. The number of hydrogen-bond acceptors (Lipinski definition) is 6. The van der Waals surface area contributed by atoms with Crippen molar-refractivity contribution in [1.29, 1.82) is 0 Å². The van der Waals surface area contributed by atoms with Gasteiger partial charge >= 0.3 is 0 Å². The van der Waals surface area contributed by atoms with Gasteiger partial charge in [-0.25, -0.2) is 15.0 Å². The molecule has 1 atom stereocenters. The van der Waals surface area contributed by atoms with E-state index in [1.165, 1.54) is 17.5 Å².